The molecule has 0 aliphatic carbocycles. The lowest BCUT2D eigenvalue weighted by Gasteiger charge is -2.59. The van der Waals surface area contributed by atoms with Crippen LogP contribution in [0.3, 0.4) is 0 Å². The first-order chi connectivity index (χ1) is 11.8. The van der Waals surface area contributed by atoms with E-state index < -0.39 is 17.0 Å². The summed E-state index contributed by atoms with van der Waals surface area (Å²) in [5.74, 6) is 0.274. The quantitative estimate of drug-likeness (QED) is 0.351. The molecule has 4 heteroatoms. The van der Waals surface area contributed by atoms with Crippen LogP contribution in [0.15, 0.2) is 65.8 Å². The third kappa shape index (κ3) is 2.53. The van der Waals surface area contributed by atoms with Gasteiger partial charge in [-0.3, -0.25) is 9.59 Å². The number of benzene rings is 1. The highest BCUT2D eigenvalue weighted by Gasteiger charge is 2.68. The first kappa shape index (κ1) is 17.2. The van der Waals surface area contributed by atoms with Crippen LogP contribution >= 0.6 is 0 Å². The second-order valence-electron chi connectivity index (χ2n) is 7.42. The van der Waals surface area contributed by atoms with Crippen molar-refractivity contribution in [1.82, 2.24) is 4.90 Å². The number of likely N-dealkylation sites (tertiary alicyclic amines) is 1. The zero-order valence-corrected chi connectivity index (χ0v) is 14.9. The van der Waals surface area contributed by atoms with E-state index in [1.165, 1.54) is 0 Å². The number of Topliss-reactive ketones (excluding diaryl/α,β-unsaturated/α-hetero) is 1. The van der Waals surface area contributed by atoms with Crippen LogP contribution in [0.2, 0.25) is 0 Å². The monoisotopic (exact) mass is 337 g/mol. The maximum Gasteiger partial charge on any atom is 0.240 e. The molecule has 1 aliphatic rings. The number of rotatable bonds is 5. The van der Waals surface area contributed by atoms with Crippen LogP contribution < -0.4 is 0 Å². The normalized spacial score (nSPS) is 23.2. The smallest absolute Gasteiger partial charge is 0.240 e. The van der Waals surface area contributed by atoms with Gasteiger partial charge in [-0.1, -0.05) is 36.4 Å². The lowest BCUT2D eigenvalue weighted by molar-refractivity contribution is -0.179. The summed E-state index contributed by atoms with van der Waals surface area (Å²) >= 11 is 0. The van der Waals surface area contributed by atoms with Crippen molar-refractivity contribution in [1.29, 1.82) is 0 Å². The van der Waals surface area contributed by atoms with Gasteiger partial charge in [0.1, 0.15) is 17.2 Å². The van der Waals surface area contributed by atoms with E-state index in [2.05, 4.69) is 6.58 Å². The highest BCUT2D eigenvalue weighted by atomic mass is 16.3. The van der Waals surface area contributed by atoms with Crippen molar-refractivity contribution in [3.8, 4) is 0 Å². The highest BCUT2D eigenvalue weighted by Crippen LogP contribution is 2.57. The summed E-state index contributed by atoms with van der Waals surface area (Å²) in [4.78, 5) is 28.4. The summed E-state index contributed by atoms with van der Waals surface area (Å²) < 4.78 is 5.62. The summed E-state index contributed by atoms with van der Waals surface area (Å²) in [7, 11) is 0. The van der Waals surface area contributed by atoms with Crippen LogP contribution in [0.1, 0.15) is 49.4 Å². The van der Waals surface area contributed by atoms with Gasteiger partial charge < -0.3 is 9.32 Å². The molecule has 1 aromatic carbocycles. The molecule has 1 saturated heterocycles. The van der Waals surface area contributed by atoms with Crippen molar-refractivity contribution in [2.24, 2.45) is 5.41 Å². The van der Waals surface area contributed by atoms with Crippen LogP contribution in [0, 0.1) is 5.41 Å². The number of amides is 1. The molecule has 2 heterocycles. The maximum absolute atomic E-state index is 13.4. The lowest BCUT2D eigenvalue weighted by Crippen LogP contribution is -2.71. The standard InChI is InChI=1S/C21H23NO3/c1-5-13-21(18(23)15-10-7-6-8-11-15)17(16-12-9-14-25-16)22(19(21)24)20(2,3)4/h5-12,14,17H,1,13H2,2-4H3/t17-,21-/m0/s1. The Balaban J connectivity index is 2.15. The fourth-order valence-electron chi connectivity index (χ4n) is 3.70. The summed E-state index contributed by atoms with van der Waals surface area (Å²) in [6, 6.07) is 12.1. The number of carbonyl (C=O) groups excluding carboxylic acids is 2. The van der Waals surface area contributed by atoms with E-state index in [1.807, 2.05) is 32.9 Å². The van der Waals surface area contributed by atoms with Crippen molar-refractivity contribution in [2.45, 2.75) is 38.8 Å². The molecule has 2 atom stereocenters. The van der Waals surface area contributed by atoms with Gasteiger partial charge in [0, 0.05) is 11.1 Å². The topological polar surface area (TPSA) is 50.5 Å². The van der Waals surface area contributed by atoms with Crippen molar-refractivity contribution < 1.29 is 14.0 Å². The summed E-state index contributed by atoms with van der Waals surface area (Å²) in [6.07, 6.45) is 3.50. The van der Waals surface area contributed by atoms with Crippen LogP contribution in [-0.2, 0) is 4.79 Å². The van der Waals surface area contributed by atoms with Crippen molar-refractivity contribution in [3.63, 3.8) is 0 Å². The van der Waals surface area contributed by atoms with E-state index in [0.717, 1.165) is 0 Å². The first-order valence-corrected chi connectivity index (χ1v) is 8.42. The Morgan fingerprint density at radius 1 is 1.24 bits per heavy atom. The molecule has 0 spiro atoms. The van der Waals surface area contributed by atoms with E-state index in [1.54, 1.807) is 47.6 Å². The maximum atomic E-state index is 13.4. The van der Waals surface area contributed by atoms with E-state index in [0.29, 0.717) is 11.3 Å². The van der Waals surface area contributed by atoms with Crippen LogP contribution in [0.25, 0.3) is 0 Å². The molecule has 0 radical (unpaired) electrons. The number of allylic oxidation sites excluding steroid dienone is 1. The van der Waals surface area contributed by atoms with Gasteiger partial charge in [-0.15, -0.1) is 6.58 Å². The molecule has 1 aromatic heterocycles. The predicted molar refractivity (Wildman–Crippen MR) is 96.1 cm³/mol. The molecule has 0 N–H and O–H groups in total. The number of carbonyl (C=O) groups is 2. The molecular formula is C21H23NO3. The molecule has 1 fully saturated rings. The fraction of sp³-hybridized carbons (Fsp3) is 0.333. The van der Waals surface area contributed by atoms with Gasteiger partial charge in [-0.05, 0) is 39.3 Å². The number of nitrogens with zero attached hydrogens (tertiary/aromatic N) is 1. The van der Waals surface area contributed by atoms with E-state index in [9.17, 15) is 9.59 Å². The average Bonchev–Trinajstić information content (AvgIpc) is 3.09. The Morgan fingerprint density at radius 3 is 2.44 bits per heavy atom. The van der Waals surface area contributed by atoms with Crippen molar-refractivity contribution in [3.05, 3.63) is 72.7 Å². The Bertz CT molecular complexity index is 786. The molecule has 3 rings (SSSR count). The Hall–Kier alpha value is -2.62. The highest BCUT2D eigenvalue weighted by molar-refractivity contribution is 6.18. The second-order valence-corrected chi connectivity index (χ2v) is 7.42. The van der Waals surface area contributed by atoms with Crippen molar-refractivity contribution in [2.75, 3.05) is 0 Å². The number of furan rings is 1. The summed E-state index contributed by atoms with van der Waals surface area (Å²) in [5, 5.41) is 0. The largest absolute Gasteiger partial charge is 0.467 e. The average molecular weight is 337 g/mol. The van der Waals surface area contributed by atoms with E-state index >= 15 is 0 Å². The number of hydrogen-bond acceptors (Lipinski definition) is 3. The van der Waals surface area contributed by atoms with E-state index in [-0.39, 0.29) is 18.1 Å². The SMILES string of the molecule is C=CC[C@]1(C(=O)c2ccccc2)C(=O)N(C(C)(C)C)[C@H]1c1ccco1. The lowest BCUT2D eigenvalue weighted by atomic mass is 9.61. The van der Waals surface area contributed by atoms with Gasteiger partial charge in [0.05, 0.1) is 6.26 Å². The minimum atomic E-state index is -1.20. The Morgan fingerprint density at radius 2 is 1.92 bits per heavy atom. The molecule has 4 nitrogen and oxygen atoms in total. The molecule has 1 aliphatic heterocycles. The van der Waals surface area contributed by atoms with Gasteiger partial charge in [-0.2, -0.15) is 0 Å². The zero-order valence-electron chi connectivity index (χ0n) is 14.9. The Kier molecular flexibility index (Phi) is 4.15. The van der Waals surface area contributed by atoms with Crippen LogP contribution in [0.4, 0.5) is 0 Å². The molecule has 0 saturated carbocycles. The van der Waals surface area contributed by atoms with Gasteiger partial charge >= 0.3 is 0 Å². The van der Waals surface area contributed by atoms with Gasteiger partial charge in [0.25, 0.3) is 0 Å². The molecule has 2 aromatic rings. The van der Waals surface area contributed by atoms with Gasteiger partial charge in [0.2, 0.25) is 5.91 Å². The minimum absolute atomic E-state index is 0.171. The summed E-state index contributed by atoms with van der Waals surface area (Å²) in [5.41, 5.74) is -1.09. The van der Waals surface area contributed by atoms with Crippen LogP contribution in [-0.4, -0.2) is 22.1 Å². The third-order valence-corrected chi connectivity index (χ3v) is 4.77. The number of β-lactam (4-membered cyclic amide) rings is 1. The third-order valence-electron chi connectivity index (χ3n) is 4.77. The zero-order chi connectivity index (χ0) is 18.2. The fourth-order valence-corrected chi connectivity index (χ4v) is 3.70. The second kappa shape index (κ2) is 6.03. The first-order valence-electron chi connectivity index (χ1n) is 8.42. The molecule has 25 heavy (non-hydrogen) atoms. The molecule has 1 amide bonds. The van der Waals surface area contributed by atoms with Gasteiger partial charge in [0.15, 0.2) is 5.78 Å². The molecule has 0 bridgehead atoms. The Labute approximate surface area is 148 Å². The van der Waals surface area contributed by atoms with Crippen molar-refractivity contribution >= 4 is 11.7 Å². The minimum Gasteiger partial charge on any atom is -0.467 e. The molecule has 0 unspecified atom stereocenters. The molecular weight excluding hydrogens is 314 g/mol. The van der Waals surface area contributed by atoms with Gasteiger partial charge in [-0.25, -0.2) is 0 Å². The number of hydrogen-bond donors (Lipinski definition) is 0. The number of ketones is 1. The molecule has 130 valence electrons. The summed E-state index contributed by atoms with van der Waals surface area (Å²) in [6.45, 7) is 9.68. The predicted octanol–water partition coefficient (Wildman–Crippen LogP) is 4.41. The van der Waals surface area contributed by atoms with E-state index in [4.69, 9.17) is 4.42 Å². The van der Waals surface area contributed by atoms with Crippen LogP contribution in [0.5, 0.6) is 0 Å².